The van der Waals surface area contributed by atoms with E-state index in [4.69, 9.17) is 12.8 Å². The van der Waals surface area contributed by atoms with E-state index in [1.54, 1.807) is 0 Å². The van der Waals surface area contributed by atoms with E-state index in [2.05, 4.69) is 194 Å². The zero-order valence-electron chi connectivity index (χ0n) is 33.2. The van der Waals surface area contributed by atoms with Gasteiger partial charge < -0.3 is 12.8 Å². The van der Waals surface area contributed by atoms with Gasteiger partial charge in [0.05, 0.1) is 0 Å². The number of hydrogen-bond acceptors (Lipinski definition) is 0. The van der Waals surface area contributed by atoms with Crippen molar-refractivity contribution in [1.82, 2.24) is 0 Å². The third-order valence-electron chi connectivity index (χ3n) is 10.7. The third-order valence-corrected chi connectivity index (χ3v) is 17.6. The van der Waals surface area contributed by atoms with Gasteiger partial charge in [-0.25, -0.2) is 0 Å². The van der Waals surface area contributed by atoms with Crippen LogP contribution in [0.15, 0.2) is 231 Å². The zero-order valence-corrected chi connectivity index (χ0v) is 39.6. The summed E-state index contributed by atoms with van der Waals surface area (Å²) in [6.07, 6.45) is 14.7. The maximum atomic E-state index is 7.35. The SMILES string of the molecule is [Au+].[Au+].[C-]#Cc1cccc2ccc3ccccc3c12.[C-]#Cc1cccc2ccc3ccccc3c12.c1ccc([PH+](C[PH+](c2ccccc2)c2ccccc2)c2ccccc2)cc1. The Morgan fingerprint density at radius 2 is 0.574 bits per heavy atom. The molecule has 0 radical (unpaired) electrons. The van der Waals surface area contributed by atoms with Gasteiger partial charge in [-0.15, -0.1) is 23.3 Å². The molecule has 0 aliphatic heterocycles. The summed E-state index contributed by atoms with van der Waals surface area (Å²) in [4.78, 5) is 0. The van der Waals surface area contributed by atoms with E-state index < -0.39 is 15.8 Å². The molecule has 0 saturated heterocycles. The molecule has 4 heteroatoms. The Morgan fingerprint density at radius 3 is 0.902 bits per heavy atom. The molecule has 10 rings (SSSR count). The smallest absolute Gasteiger partial charge is 0.366 e. The number of hydrogen-bond donors (Lipinski definition) is 0. The van der Waals surface area contributed by atoms with Crippen molar-refractivity contribution in [1.29, 1.82) is 0 Å². The van der Waals surface area contributed by atoms with Gasteiger partial charge in [0, 0.05) is 0 Å². The van der Waals surface area contributed by atoms with Gasteiger partial charge in [-0.05, 0) is 80.8 Å². The van der Waals surface area contributed by atoms with Crippen molar-refractivity contribution in [2.75, 3.05) is 5.90 Å². The second kappa shape index (κ2) is 22.5. The molecule has 0 bridgehead atoms. The van der Waals surface area contributed by atoms with Crippen LogP contribution in [0.3, 0.4) is 0 Å². The Labute approximate surface area is 394 Å². The molecule has 0 aliphatic rings. The van der Waals surface area contributed by atoms with Gasteiger partial charge in [-0.2, -0.15) is 0 Å². The largest absolute Gasteiger partial charge is 1.00 e. The predicted octanol–water partition coefficient (Wildman–Crippen LogP) is 12.5. The molecule has 0 aromatic heterocycles. The molecule has 0 unspecified atom stereocenters. The van der Waals surface area contributed by atoms with Crippen molar-refractivity contribution < 1.29 is 44.8 Å². The summed E-state index contributed by atoms with van der Waals surface area (Å²) in [6.45, 7) is 0. The van der Waals surface area contributed by atoms with Crippen LogP contribution in [0.4, 0.5) is 0 Å². The van der Waals surface area contributed by atoms with Gasteiger partial charge in [-0.1, -0.05) is 181 Å². The van der Waals surface area contributed by atoms with Gasteiger partial charge in [0.1, 0.15) is 37.1 Å². The van der Waals surface area contributed by atoms with E-state index in [1.807, 2.05) is 48.5 Å². The van der Waals surface area contributed by atoms with E-state index in [0.29, 0.717) is 0 Å². The first-order valence-electron chi connectivity index (χ1n) is 19.8. The van der Waals surface area contributed by atoms with Crippen molar-refractivity contribution in [2.45, 2.75) is 0 Å². The summed E-state index contributed by atoms with van der Waals surface area (Å²) < 4.78 is 0. The first-order valence-corrected chi connectivity index (χ1v) is 23.2. The van der Waals surface area contributed by atoms with Crippen LogP contribution in [-0.4, -0.2) is 5.90 Å². The molecule has 0 spiro atoms. The molecule has 300 valence electrons. The summed E-state index contributed by atoms with van der Waals surface area (Å²) in [6, 6.07) is 81.3. The van der Waals surface area contributed by atoms with Gasteiger partial charge >= 0.3 is 44.8 Å². The average molecular weight is 1180 g/mol. The molecule has 0 saturated carbocycles. The maximum Gasteiger partial charge on any atom is 1.00 e. The molecule has 0 N–H and O–H groups in total. The fraction of sp³-hybridized carbons (Fsp3) is 0.0175. The van der Waals surface area contributed by atoms with Crippen molar-refractivity contribution in [3.63, 3.8) is 0 Å². The Kier molecular flexibility index (Phi) is 16.7. The Balaban J connectivity index is 0.000000159. The van der Waals surface area contributed by atoms with Crippen LogP contribution < -0.4 is 21.2 Å². The van der Waals surface area contributed by atoms with Crippen LogP contribution in [0, 0.1) is 24.7 Å². The standard InChI is InChI=1S/C25H22P2.2C16H9.2Au/c1-5-13-22(14-6-1)26(23-15-7-2-8-16-23)21-27(24-17-9-3-10-18-24)25-19-11-4-12-20-25;2*1-2-12-7-5-8-14-11-10-13-6-3-4-9-15(13)16(12)14;;/h1-20H,21H2;2*3-11H;;/q;2*-1;2*+1/p+2. The van der Waals surface area contributed by atoms with Gasteiger partial charge in [0.25, 0.3) is 0 Å². The number of rotatable bonds is 6. The Morgan fingerprint density at radius 1 is 0.295 bits per heavy atom. The fourth-order valence-electron chi connectivity index (χ4n) is 7.80. The Hall–Kier alpha value is -5.30. The number of fused-ring (bicyclic) bond motifs is 6. The predicted molar refractivity (Wildman–Crippen MR) is 261 cm³/mol. The molecule has 10 aromatic rings. The Bertz CT molecular complexity index is 2760. The second-order valence-electron chi connectivity index (χ2n) is 14.2. The minimum Gasteiger partial charge on any atom is -0.366 e. The van der Waals surface area contributed by atoms with Gasteiger partial charge in [0.2, 0.25) is 0 Å². The summed E-state index contributed by atoms with van der Waals surface area (Å²) in [5.41, 5.74) is 1.71. The second-order valence-corrected chi connectivity index (χ2v) is 19.9. The molecular formula is C57H42Au2P2+2. The summed E-state index contributed by atoms with van der Waals surface area (Å²) in [7, 11) is -1.69. The van der Waals surface area contributed by atoms with Crippen molar-refractivity contribution in [3.8, 4) is 11.8 Å². The zero-order chi connectivity index (χ0) is 40.2. The van der Waals surface area contributed by atoms with Crippen molar-refractivity contribution >= 4 is 80.2 Å². The molecule has 61 heavy (non-hydrogen) atoms. The van der Waals surface area contributed by atoms with E-state index in [-0.39, 0.29) is 44.8 Å². The minimum atomic E-state index is -0.847. The van der Waals surface area contributed by atoms with E-state index in [9.17, 15) is 0 Å². The van der Waals surface area contributed by atoms with Crippen LogP contribution in [0.2, 0.25) is 0 Å². The topological polar surface area (TPSA) is 0 Å². The monoisotopic (exact) mass is 1180 g/mol. The quantitative estimate of drug-likeness (QED) is 0.0512. The minimum absolute atomic E-state index is 0. The normalized spacial score (nSPS) is 10.4. The van der Waals surface area contributed by atoms with Crippen LogP contribution in [-0.2, 0) is 44.8 Å². The van der Waals surface area contributed by atoms with E-state index >= 15 is 0 Å². The summed E-state index contributed by atoms with van der Waals surface area (Å²) in [5.74, 6) is 6.27. The molecule has 0 amide bonds. The van der Waals surface area contributed by atoms with Crippen LogP contribution >= 0.6 is 15.8 Å². The summed E-state index contributed by atoms with van der Waals surface area (Å²) >= 11 is 0. The molecule has 0 heterocycles. The fourth-order valence-corrected chi connectivity index (χ4v) is 15.5. The van der Waals surface area contributed by atoms with Gasteiger partial charge in [0.15, 0.2) is 5.90 Å². The van der Waals surface area contributed by atoms with Gasteiger partial charge in [-0.3, -0.25) is 11.8 Å². The van der Waals surface area contributed by atoms with Crippen LogP contribution in [0.5, 0.6) is 0 Å². The molecule has 10 aromatic carbocycles. The first kappa shape index (κ1) is 45.2. The molecule has 0 nitrogen and oxygen atoms in total. The van der Waals surface area contributed by atoms with E-state index in [0.717, 1.165) is 32.7 Å². The van der Waals surface area contributed by atoms with Crippen molar-refractivity contribution in [3.05, 3.63) is 254 Å². The molecule has 0 fully saturated rings. The summed E-state index contributed by atoms with van der Waals surface area (Å²) in [5, 5.41) is 15.4. The maximum absolute atomic E-state index is 7.35. The third kappa shape index (κ3) is 10.8. The molecule has 0 atom stereocenters. The average Bonchev–Trinajstić information content (AvgIpc) is 3.33. The first-order chi connectivity index (χ1) is 29.2. The number of benzene rings is 10. The van der Waals surface area contributed by atoms with Crippen LogP contribution in [0.25, 0.3) is 43.1 Å². The van der Waals surface area contributed by atoms with Crippen molar-refractivity contribution in [2.24, 2.45) is 0 Å². The molecular weight excluding hydrogens is 1140 g/mol. The van der Waals surface area contributed by atoms with E-state index in [1.165, 1.54) is 48.7 Å². The van der Waals surface area contributed by atoms with Crippen LogP contribution in [0.1, 0.15) is 11.1 Å². The molecule has 0 aliphatic carbocycles.